The van der Waals surface area contributed by atoms with Crippen molar-refractivity contribution in [1.82, 2.24) is 4.90 Å². The fraction of sp³-hybridized carbons (Fsp3) is 0.500. The quantitative estimate of drug-likeness (QED) is 0.797. The van der Waals surface area contributed by atoms with Gasteiger partial charge in [-0.1, -0.05) is 24.5 Å². The van der Waals surface area contributed by atoms with Crippen molar-refractivity contribution >= 4 is 11.6 Å². The van der Waals surface area contributed by atoms with E-state index in [1.165, 1.54) is 12.8 Å². The Hall–Kier alpha value is -1.51. The number of nitrogens with two attached hydrogens (primary N) is 1. The van der Waals surface area contributed by atoms with Crippen LogP contribution in [0.4, 0.5) is 5.69 Å². The fourth-order valence-electron chi connectivity index (χ4n) is 2.50. The van der Waals surface area contributed by atoms with Crippen LogP contribution in [0.3, 0.4) is 0 Å². The third-order valence-corrected chi connectivity index (χ3v) is 3.63. The van der Waals surface area contributed by atoms with Crippen LogP contribution in [0, 0.1) is 6.92 Å². The van der Waals surface area contributed by atoms with Crippen molar-refractivity contribution in [2.45, 2.75) is 38.6 Å². The molecular weight excluding hydrogens is 212 g/mol. The van der Waals surface area contributed by atoms with Gasteiger partial charge in [0.05, 0.1) is 5.56 Å². The lowest BCUT2D eigenvalue weighted by Crippen LogP contribution is -2.35. The van der Waals surface area contributed by atoms with Crippen LogP contribution >= 0.6 is 0 Å². The SMILES string of the molecule is Cc1ccc(N)c(C(=O)N(C)C2CCCC2)c1. The maximum atomic E-state index is 12.4. The highest BCUT2D eigenvalue weighted by Gasteiger charge is 2.25. The Labute approximate surface area is 103 Å². The highest BCUT2D eigenvalue weighted by Crippen LogP contribution is 2.25. The number of carbonyl (C=O) groups is 1. The molecule has 0 aromatic heterocycles. The molecule has 1 aliphatic rings. The number of rotatable bonds is 2. The van der Waals surface area contributed by atoms with Gasteiger partial charge in [0.25, 0.3) is 5.91 Å². The van der Waals surface area contributed by atoms with Gasteiger partial charge in [0, 0.05) is 18.8 Å². The zero-order chi connectivity index (χ0) is 12.4. The highest BCUT2D eigenvalue weighted by molar-refractivity contribution is 5.99. The topological polar surface area (TPSA) is 46.3 Å². The van der Waals surface area contributed by atoms with Gasteiger partial charge in [-0.05, 0) is 31.9 Å². The number of anilines is 1. The van der Waals surface area contributed by atoms with Crippen molar-refractivity contribution in [3.05, 3.63) is 29.3 Å². The van der Waals surface area contributed by atoms with Gasteiger partial charge in [0.1, 0.15) is 0 Å². The van der Waals surface area contributed by atoms with E-state index in [9.17, 15) is 4.79 Å². The van der Waals surface area contributed by atoms with Crippen molar-refractivity contribution in [3.63, 3.8) is 0 Å². The summed E-state index contributed by atoms with van der Waals surface area (Å²) in [7, 11) is 1.89. The Bertz CT molecular complexity index is 422. The number of hydrogen-bond acceptors (Lipinski definition) is 2. The molecular formula is C14H20N2O. The second-order valence-corrected chi connectivity index (χ2v) is 4.95. The van der Waals surface area contributed by atoms with E-state index in [1.807, 2.05) is 37.1 Å². The molecule has 92 valence electrons. The normalized spacial score (nSPS) is 16.1. The maximum Gasteiger partial charge on any atom is 0.255 e. The van der Waals surface area contributed by atoms with Crippen molar-refractivity contribution in [2.75, 3.05) is 12.8 Å². The van der Waals surface area contributed by atoms with Crippen LogP contribution in [0.5, 0.6) is 0 Å². The minimum absolute atomic E-state index is 0.0538. The summed E-state index contributed by atoms with van der Waals surface area (Å²) in [5, 5.41) is 0. The standard InChI is InChI=1S/C14H20N2O/c1-10-7-8-13(15)12(9-10)14(17)16(2)11-5-3-4-6-11/h7-9,11H,3-6,15H2,1-2H3. The number of nitrogen functional groups attached to an aromatic ring is 1. The molecule has 3 heteroatoms. The Kier molecular flexibility index (Phi) is 3.36. The fourth-order valence-corrected chi connectivity index (χ4v) is 2.50. The highest BCUT2D eigenvalue weighted by atomic mass is 16.2. The molecule has 0 aliphatic heterocycles. The molecule has 1 aromatic rings. The maximum absolute atomic E-state index is 12.4. The second kappa shape index (κ2) is 4.78. The van der Waals surface area contributed by atoms with E-state index in [1.54, 1.807) is 0 Å². The van der Waals surface area contributed by atoms with Crippen LogP contribution in [-0.2, 0) is 0 Å². The van der Waals surface area contributed by atoms with E-state index < -0.39 is 0 Å². The zero-order valence-corrected chi connectivity index (χ0v) is 10.6. The first-order valence-corrected chi connectivity index (χ1v) is 6.23. The zero-order valence-electron chi connectivity index (χ0n) is 10.6. The van der Waals surface area contributed by atoms with E-state index in [0.29, 0.717) is 17.3 Å². The number of benzene rings is 1. The van der Waals surface area contributed by atoms with Crippen molar-refractivity contribution < 1.29 is 4.79 Å². The number of hydrogen-bond donors (Lipinski definition) is 1. The summed E-state index contributed by atoms with van der Waals surface area (Å²) in [6.07, 6.45) is 4.69. The second-order valence-electron chi connectivity index (χ2n) is 4.95. The van der Waals surface area contributed by atoms with Crippen LogP contribution in [0.1, 0.15) is 41.6 Å². The Morgan fingerprint density at radius 1 is 1.35 bits per heavy atom. The lowest BCUT2D eigenvalue weighted by atomic mass is 10.1. The van der Waals surface area contributed by atoms with E-state index >= 15 is 0 Å². The summed E-state index contributed by atoms with van der Waals surface area (Å²) in [6, 6.07) is 6.01. The molecule has 3 nitrogen and oxygen atoms in total. The number of aryl methyl sites for hydroxylation is 1. The van der Waals surface area contributed by atoms with Crippen molar-refractivity contribution in [2.24, 2.45) is 0 Å². The third-order valence-electron chi connectivity index (χ3n) is 3.63. The molecule has 2 N–H and O–H groups in total. The number of nitrogens with zero attached hydrogens (tertiary/aromatic N) is 1. The van der Waals surface area contributed by atoms with Gasteiger partial charge in [-0.15, -0.1) is 0 Å². The smallest absolute Gasteiger partial charge is 0.255 e. The molecule has 0 atom stereocenters. The van der Waals surface area contributed by atoms with Crippen LogP contribution < -0.4 is 5.73 Å². The van der Waals surface area contributed by atoms with E-state index in [2.05, 4.69) is 0 Å². The summed E-state index contributed by atoms with van der Waals surface area (Å²) in [5.74, 6) is 0.0538. The van der Waals surface area contributed by atoms with Crippen molar-refractivity contribution in [1.29, 1.82) is 0 Å². The molecule has 1 saturated carbocycles. The summed E-state index contributed by atoms with van der Waals surface area (Å²) >= 11 is 0. The molecule has 0 spiro atoms. The van der Waals surface area contributed by atoms with Gasteiger partial charge < -0.3 is 10.6 Å². The third kappa shape index (κ3) is 2.43. The van der Waals surface area contributed by atoms with E-state index in [4.69, 9.17) is 5.73 Å². The largest absolute Gasteiger partial charge is 0.398 e. The lowest BCUT2D eigenvalue weighted by molar-refractivity contribution is 0.0736. The average Bonchev–Trinajstić information content (AvgIpc) is 2.84. The average molecular weight is 232 g/mol. The summed E-state index contributed by atoms with van der Waals surface area (Å²) in [5.41, 5.74) is 8.16. The predicted octanol–water partition coefficient (Wildman–Crippen LogP) is 2.59. The van der Waals surface area contributed by atoms with Gasteiger partial charge in [-0.25, -0.2) is 0 Å². The Balaban J connectivity index is 2.20. The summed E-state index contributed by atoms with van der Waals surface area (Å²) in [6.45, 7) is 1.98. The Morgan fingerprint density at radius 3 is 2.65 bits per heavy atom. The van der Waals surface area contributed by atoms with Gasteiger partial charge >= 0.3 is 0 Å². The molecule has 0 saturated heterocycles. The molecule has 0 bridgehead atoms. The molecule has 0 radical (unpaired) electrons. The minimum atomic E-state index is 0.0538. The first kappa shape index (κ1) is 12.0. The molecule has 2 rings (SSSR count). The first-order chi connectivity index (χ1) is 8.09. The Morgan fingerprint density at radius 2 is 2.00 bits per heavy atom. The summed E-state index contributed by atoms with van der Waals surface area (Å²) in [4.78, 5) is 14.2. The molecule has 0 heterocycles. The van der Waals surface area contributed by atoms with Gasteiger partial charge in [0.15, 0.2) is 0 Å². The number of carbonyl (C=O) groups excluding carboxylic acids is 1. The van der Waals surface area contributed by atoms with Gasteiger partial charge in [0.2, 0.25) is 0 Å². The molecule has 0 unspecified atom stereocenters. The monoisotopic (exact) mass is 232 g/mol. The van der Waals surface area contributed by atoms with Crippen LogP contribution in [0.15, 0.2) is 18.2 Å². The van der Waals surface area contributed by atoms with E-state index in [0.717, 1.165) is 18.4 Å². The van der Waals surface area contributed by atoms with E-state index in [-0.39, 0.29) is 5.91 Å². The van der Waals surface area contributed by atoms with Gasteiger partial charge in [-0.3, -0.25) is 4.79 Å². The van der Waals surface area contributed by atoms with Crippen LogP contribution in [0.2, 0.25) is 0 Å². The molecule has 1 fully saturated rings. The predicted molar refractivity (Wildman–Crippen MR) is 69.9 cm³/mol. The molecule has 1 amide bonds. The van der Waals surface area contributed by atoms with Crippen molar-refractivity contribution in [3.8, 4) is 0 Å². The molecule has 1 aromatic carbocycles. The molecule has 1 aliphatic carbocycles. The van der Waals surface area contributed by atoms with Crippen LogP contribution in [-0.4, -0.2) is 23.9 Å². The summed E-state index contributed by atoms with van der Waals surface area (Å²) < 4.78 is 0. The number of amides is 1. The van der Waals surface area contributed by atoms with Gasteiger partial charge in [-0.2, -0.15) is 0 Å². The first-order valence-electron chi connectivity index (χ1n) is 6.23. The lowest BCUT2D eigenvalue weighted by Gasteiger charge is -2.25. The molecule has 17 heavy (non-hydrogen) atoms. The van der Waals surface area contributed by atoms with Crippen LogP contribution in [0.25, 0.3) is 0 Å². The minimum Gasteiger partial charge on any atom is -0.398 e.